The van der Waals surface area contributed by atoms with Crippen molar-refractivity contribution in [2.75, 3.05) is 18.6 Å². The summed E-state index contributed by atoms with van der Waals surface area (Å²) in [7, 11) is 3.48. The number of aryl methyl sites for hydroxylation is 1. The first-order valence-electron chi connectivity index (χ1n) is 6.51. The number of carbonyl (C=O) groups excluding carboxylic acids is 1. The number of anilines is 1. The molecule has 1 aliphatic rings. The molecule has 0 fully saturated rings. The third-order valence-corrected chi connectivity index (χ3v) is 3.27. The van der Waals surface area contributed by atoms with Gasteiger partial charge in [-0.3, -0.25) is 9.48 Å². The van der Waals surface area contributed by atoms with Gasteiger partial charge in [-0.05, 0) is 12.1 Å². The van der Waals surface area contributed by atoms with Gasteiger partial charge in [-0.2, -0.15) is 5.10 Å². The van der Waals surface area contributed by atoms with Gasteiger partial charge in [0.1, 0.15) is 24.1 Å². The van der Waals surface area contributed by atoms with Crippen LogP contribution < -0.4 is 20.1 Å². The summed E-state index contributed by atoms with van der Waals surface area (Å²) in [4.78, 5) is 13.5. The number of rotatable bonds is 2. The van der Waals surface area contributed by atoms with E-state index in [0.29, 0.717) is 22.9 Å². The van der Waals surface area contributed by atoms with Crippen LogP contribution in [0.3, 0.4) is 0 Å². The number of nitrogens with two attached hydrogens (primary N) is 1. The van der Waals surface area contributed by atoms with Gasteiger partial charge >= 0.3 is 0 Å². The molecule has 2 aromatic rings. The second-order valence-electron chi connectivity index (χ2n) is 4.90. The van der Waals surface area contributed by atoms with Crippen molar-refractivity contribution in [3.8, 4) is 17.2 Å². The second-order valence-corrected chi connectivity index (χ2v) is 4.90. The highest BCUT2D eigenvalue weighted by Gasteiger charge is 2.26. The SMILES string of the molecule is CN1C(=O)C(N)COc2ccc(Oc3cnn(C)c3)cc21. The Morgan fingerprint density at radius 2 is 2.19 bits per heavy atom. The molecule has 0 bridgehead atoms. The lowest BCUT2D eigenvalue weighted by atomic mass is 10.2. The number of amides is 1. The average Bonchev–Trinajstić information content (AvgIpc) is 2.84. The van der Waals surface area contributed by atoms with Crippen LogP contribution in [0.15, 0.2) is 30.6 Å². The van der Waals surface area contributed by atoms with Crippen LogP contribution in [0.4, 0.5) is 5.69 Å². The van der Waals surface area contributed by atoms with Crippen molar-refractivity contribution >= 4 is 11.6 Å². The molecule has 0 aliphatic carbocycles. The first-order valence-corrected chi connectivity index (χ1v) is 6.51. The number of carbonyl (C=O) groups is 1. The van der Waals surface area contributed by atoms with Gasteiger partial charge < -0.3 is 20.1 Å². The fourth-order valence-electron chi connectivity index (χ4n) is 2.15. The predicted octanol–water partition coefficient (Wildman–Crippen LogP) is 0.895. The summed E-state index contributed by atoms with van der Waals surface area (Å²) >= 11 is 0. The van der Waals surface area contributed by atoms with Crippen molar-refractivity contribution in [2.24, 2.45) is 12.8 Å². The molecular formula is C14H16N4O3. The lowest BCUT2D eigenvalue weighted by Gasteiger charge is -2.18. The Hall–Kier alpha value is -2.54. The molecule has 1 unspecified atom stereocenters. The third-order valence-electron chi connectivity index (χ3n) is 3.27. The summed E-state index contributed by atoms with van der Waals surface area (Å²) in [6.07, 6.45) is 3.37. The van der Waals surface area contributed by atoms with Crippen LogP contribution in [-0.4, -0.2) is 35.4 Å². The zero-order valence-electron chi connectivity index (χ0n) is 11.8. The molecule has 1 aromatic carbocycles. The van der Waals surface area contributed by atoms with E-state index in [-0.39, 0.29) is 12.5 Å². The van der Waals surface area contributed by atoms with Crippen LogP contribution in [-0.2, 0) is 11.8 Å². The van der Waals surface area contributed by atoms with Crippen molar-refractivity contribution in [1.82, 2.24) is 9.78 Å². The zero-order chi connectivity index (χ0) is 15.0. The summed E-state index contributed by atoms with van der Waals surface area (Å²) in [5.41, 5.74) is 6.39. The van der Waals surface area contributed by atoms with Gasteiger partial charge in [-0.1, -0.05) is 0 Å². The van der Waals surface area contributed by atoms with Gasteiger partial charge in [-0.25, -0.2) is 0 Å². The van der Waals surface area contributed by atoms with E-state index in [1.165, 1.54) is 4.90 Å². The van der Waals surface area contributed by atoms with E-state index < -0.39 is 6.04 Å². The van der Waals surface area contributed by atoms with Gasteiger partial charge in [0, 0.05) is 20.2 Å². The average molecular weight is 288 g/mol. The fraction of sp³-hybridized carbons (Fsp3) is 0.286. The van der Waals surface area contributed by atoms with Crippen LogP contribution in [0, 0.1) is 0 Å². The Labute approximate surface area is 121 Å². The molecule has 2 N–H and O–H groups in total. The van der Waals surface area contributed by atoms with E-state index in [1.54, 1.807) is 42.3 Å². The van der Waals surface area contributed by atoms with Crippen molar-refractivity contribution < 1.29 is 14.3 Å². The molecule has 1 aliphatic heterocycles. The minimum Gasteiger partial charge on any atom is -0.489 e. The summed E-state index contributed by atoms with van der Waals surface area (Å²) in [5.74, 6) is 1.64. The van der Waals surface area contributed by atoms with Crippen LogP contribution in [0.5, 0.6) is 17.2 Å². The highest BCUT2D eigenvalue weighted by Crippen LogP contribution is 2.35. The number of hydrogen-bond donors (Lipinski definition) is 1. The summed E-state index contributed by atoms with van der Waals surface area (Å²) in [5, 5.41) is 4.04. The smallest absolute Gasteiger partial charge is 0.247 e. The molecule has 1 atom stereocenters. The van der Waals surface area contributed by atoms with Gasteiger partial charge in [0.2, 0.25) is 5.91 Å². The van der Waals surface area contributed by atoms with E-state index in [4.69, 9.17) is 15.2 Å². The normalized spacial score (nSPS) is 18.0. The maximum absolute atomic E-state index is 12.0. The van der Waals surface area contributed by atoms with Crippen LogP contribution in [0.1, 0.15) is 0 Å². The molecule has 1 aromatic heterocycles. The predicted molar refractivity (Wildman–Crippen MR) is 76.6 cm³/mol. The van der Waals surface area contributed by atoms with Gasteiger partial charge in [0.25, 0.3) is 0 Å². The van der Waals surface area contributed by atoms with Crippen molar-refractivity contribution in [3.63, 3.8) is 0 Å². The Morgan fingerprint density at radius 3 is 2.90 bits per heavy atom. The molecule has 0 saturated heterocycles. The molecule has 0 spiro atoms. The summed E-state index contributed by atoms with van der Waals surface area (Å²) < 4.78 is 12.9. The second kappa shape index (κ2) is 5.10. The first-order chi connectivity index (χ1) is 10.0. The lowest BCUT2D eigenvalue weighted by Crippen LogP contribution is -2.43. The van der Waals surface area contributed by atoms with Crippen molar-refractivity contribution in [1.29, 1.82) is 0 Å². The Morgan fingerprint density at radius 1 is 1.38 bits per heavy atom. The van der Waals surface area contributed by atoms with Gasteiger partial charge in [-0.15, -0.1) is 0 Å². The molecule has 2 heterocycles. The maximum Gasteiger partial charge on any atom is 0.247 e. The highest BCUT2D eigenvalue weighted by atomic mass is 16.5. The monoisotopic (exact) mass is 288 g/mol. The molecule has 1 amide bonds. The zero-order valence-corrected chi connectivity index (χ0v) is 11.8. The summed E-state index contributed by atoms with van der Waals surface area (Å²) in [6, 6.07) is 4.63. The van der Waals surface area contributed by atoms with Crippen LogP contribution in [0.2, 0.25) is 0 Å². The molecule has 3 rings (SSSR count). The fourth-order valence-corrected chi connectivity index (χ4v) is 2.15. The van der Waals surface area contributed by atoms with Crippen molar-refractivity contribution in [2.45, 2.75) is 6.04 Å². The number of hydrogen-bond acceptors (Lipinski definition) is 5. The quantitative estimate of drug-likeness (QED) is 0.887. The third kappa shape index (κ3) is 2.55. The lowest BCUT2D eigenvalue weighted by molar-refractivity contribution is -0.119. The Kier molecular flexibility index (Phi) is 3.26. The van der Waals surface area contributed by atoms with E-state index in [1.807, 2.05) is 7.05 Å². The van der Waals surface area contributed by atoms with E-state index in [9.17, 15) is 4.79 Å². The topological polar surface area (TPSA) is 82.6 Å². The molecular weight excluding hydrogens is 272 g/mol. The number of benzene rings is 1. The Balaban J connectivity index is 1.91. The van der Waals surface area contributed by atoms with E-state index >= 15 is 0 Å². The van der Waals surface area contributed by atoms with E-state index in [2.05, 4.69) is 5.10 Å². The largest absolute Gasteiger partial charge is 0.489 e. The first kappa shape index (κ1) is 13.4. The maximum atomic E-state index is 12.0. The Bertz CT molecular complexity index is 683. The van der Waals surface area contributed by atoms with Crippen LogP contribution in [0.25, 0.3) is 0 Å². The van der Waals surface area contributed by atoms with E-state index in [0.717, 1.165) is 0 Å². The number of nitrogens with zero attached hydrogens (tertiary/aromatic N) is 3. The minimum atomic E-state index is -0.662. The molecule has 21 heavy (non-hydrogen) atoms. The molecule has 0 saturated carbocycles. The molecule has 0 radical (unpaired) electrons. The molecule has 7 nitrogen and oxygen atoms in total. The molecule has 7 heteroatoms. The van der Waals surface area contributed by atoms with Gasteiger partial charge in [0.15, 0.2) is 5.75 Å². The number of ether oxygens (including phenoxy) is 2. The highest BCUT2D eigenvalue weighted by molar-refractivity contribution is 5.98. The number of fused-ring (bicyclic) bond motifs is 1. The van der Waals surface area contributed by atoms with Crippen molar-refractivity contribution in [3.05, 3.63) is 30.6 Å². The minimum absolute atomic E-state index is 0.166. The molecule has 110 valence electrons. The summed E-state index contributed by atoms with van der Waals surface area (Å²) in [6.45, 7) is 0.166. The number of likely N-dealkylation sites (N-methyl/N-ethyl adjacent to an activating group) is 1. The van der Waals surface area contributed by atoms with Crippen LogP contribution >= 0.6 is 0 Å². The number of aromatic nitrogens is 2. The van der Waals surface area contributed by atoms with Gasteiger partial charge in [0.05, 0.1) is 18.1 Å². The standard InChI is InChI=1S/C14H16N4O3/c1-17-7-10(6-16-17)21-9-3-4-13-12(5-9)18(2)14(19)11(15)8-20-13/h3-7,11H,8,15H2,1-2H3.